The molecule has 0 aromatic heterocycles. The molecule has 2 aliphatic rings. The minimum Gasteiger partial charge on any atom is -0.493 e. The van der Waals surface area contributed by atoms with Gasteiger partial charge in [0.1, 0.15) is 11.4 Å². The SMILES string of the molecule is COC[C@@H]1CCCN1C(=O)c1ccc(-c2ccc(OCC3CCN(CC(C)(C)F)CC3)cc2)cc1. The molecule has 2 aliphatic heterocycles. The van der Waals surface area contributed by atoms with Crippen molar-refractivity contribution in [2.75, 3.05) is 46.5 Å². The van der Waals surface area contributed by atoms with Gasteiger partial charge in [0.05, 0.1) is 19.3 Å². The molecule has 2 aromatic rings. The minimum absolute atomic E-state index is 0.0825. The van der Waals surface area contributed by atoms with E-state index in [4.69, 9.17) is 9.47 Å². The Morgan fingerprint density at radius 2 is 1.57 bits per heavy atom. The van der Waals surface area contributed by atoms with Crippen LogP contribution < -0.4 is 4.74 Å². The van der Waals surface area contributed by atoms with Crippen LogP contribution in [0, 0.1) is 5.92 Å². The van der Waals surface area contributed by atoms with Crippen molar-refractivity contribution in [1.82, 2.24) is 9.80 Å². The lowest BCUT2D eigenvalue weighted by Crippen LogP contribution is -2.41. The van der Waals surface area contributed by atoms with Crippen molar-refractivity contribution in [2.45, 2.75) is 51.2 Å². The van der Waals surface area contributed by atoms with Crippen molar-refractivity contribution in [3.63, 3.8) is 0 Å². The van der Waals surface area contributed by atoms with Crippen LogP contribution in [0.1, 0.15) is 49.9 Å². The van der Waals surface area contributed by atoms with Crippen molar-refractivity contribution in [3.8, 4) is 16.9 Å². The Hall–Kier alpha value is -2.44. The van der Waals surface area contributed by atoms with Crippen LogP contribution in [0.15, 0.2) is 48.5 Å². The van der Waals surface area contributed by atoms with E-state index < -0.39 is 5.67 Å². The molecule has 2 fully saturated rings. The van der Waals surface area contributed by atoms with Crippen molar-refractivity contribution < 1.29 is 18.7 Å². The quantitative estimate of drug-likeness (QED) is 0.477. The number of carbonyl (C=O) groups is 1. The number of methoxy groups -OCH3 is 1. The summed E-state index contributed by atoms with van der Waals surface area (Å²) in [6.45, 7) is 7.75. The van der Waals surface area contributed by atoms with E-state index in [1.807, 2.05) is 41.3 Å². The van der Waals surface area contributed by atoms with E-state index >= 15 is 0 Å². The second-order valence-corrected chi connectivity index (χ2v) is 10.6. The van der Waals surface area contributed by atoms with Crippen molar-refractivity contribution >= 4 is 5.91 Å². The Morgan fingerprint density at radius 1 is 0.943 bits per heavy atom. The third-order valence-corrected chi connectivity index (χ3v) is 7.11. The van der Waals surface area contributed by atoms with Crippen LogP contribution in [0.4, 0.5) is 4.39 Å². The summed E-state index contributed by atoms with van der Waals surface area (Å²) in [5.74, 6) is 1.46. The molecule has 35 heavy (non-hydrogen) atoms. The summed E-state index contributed by atoms with van der Waals surface area (Å²) in [5, 5.41) is 0. The van der Waals surface area contributed by atoms with Gasteiger partial charge in [-0.05, 0) is 93.9 Å². The number of hydrogen-bond donors (Lipinski definition) is 0. The molecule has 2 saturated heterocycles. The van der Waals surface area contributed by atoms with Gasteiger partial charge in [0.15, 0.2) is 0 Å². The summed E-state index contributed by atoms with van der Waals surface area (Å²) in [6, 6.07) is 16.2. The van der Waals surface area contributed by atoms with Crippen molar-refractivity contribution in [2.24, 2.45) is 5.92 Å². The van der Waals surface area contributed by atoms with E-state index in [-0.39, 0.29) is 11.9 Å². The Bertz CT molecular complexity index is 947. The van der Waals surface area contributed by atoms with E-state index in [0.717, 1.165) is 67.8 Å². The van der Waals surface area contributed by atoms with E-state index in [2.05, 4.69) is 17.0 Å². The summed E-state index contributed by atoms with van der Waals surface area (Å²) in [4.78, 5) is 17.1. The molecule has 0 saturated carbocycles. The molecule has 2 aromatic carbocycles. The fourth-order valence-corrected chi connectivity index (χ4v) is 5.24. The van der Waals surface area contributed by atoms with Gasteiger partial charge in [-0.2, -0.15) is 0 Å². The predicted molar refractivity (Wildman–Crippen MR) is 138 cm³/mol. The number of nitrogens with zero attached hydrogens (tertiary/aromatic N) is 2. The molecule has 1 atom stereocenters. The largest absolute Gasteiger partial charge is 0.493 e. The van der Waals surface area contributed by atoms with Crippen LogP contribution in [0.25, 0.3) is 11.1 Å². The molecule has 0 radical (unpaired) electrons. The summed E-state index contributed by atoms with van der Waals surface area (Å²) >= 11 is 0. The molecule has 0 bridgehead atoms. The maximum Gasteiger partial charge on any atom is 0.254 e. The zero-order chi connectivity index (χ0) is 24.8. The van der Waals surface area contributed by atoms with E-state index in [0.29, 0.717) is 25.7 Å². The highest BCUT2D eigenvalue weighted by atomic mass is 19.1. The standard InChI is InChI=1S/C29H39FN2O3/c1-29(2,30)21-31-17-14-22(15-18-31)19-35-27-12-10-24(11-13-27)23-6-8-25(9-7-23)28(33)32-16-4-5-26(32)20-34-3/h6-13,22,26H,4-5,14-21H2,1-3H3/t26-/m0/s1. The normalized spacial score (nSPS) is 19.8. The third kappa shape index (κ3) is 7.05. The van der Waals surface area contributed by atoms with Gasteiger partial charge in [-0.3, -0.25) is 4.79 Å². The molecule has 0 spiro atoms. The highest BCUT2D eigenvalue weighted by Crippen LogP contribution is 2.26. The topological polar surface area (TPSA) is 42.0 Å². The lowest BCUT2D eigenvalue weighted by atomic mass is 9.97. The van der Waals surface area contributed by atoms with Gasteiger partial charge in [0, 0.05) is 25.8 Å². The molecule has 190 valence electrons. The van der Waals surface area contributed by atoms with Crippen molar-refractivity contribution in [3.05, 3.63) is 54.1 Å². The zero-order valence-electron chi connectivity index (χ0n) is 21.3. The number of ether oxygens (including phenoxy) is 2. The first kappa shape index (κ1) is 25.6. The molecule has 2 heterocycles. The number of hydrogen-bond acceptors (Lipinski definition) is 4. The summed E-state index contributed by atoms with van der Waals surface area (Å²) in [6.07, 6.45) is 4.12. The third-order valence-electron chi connectivity index (χ3n) is 7.11. The monoisotopic (exact) mass is 482 g/mol. The Morgan fingerprint density at radius 3 is 2.17 bits per heavy atom. The van der Waals surface area contributed by atoms with Gasteiger partial charge in [0.25, 0.3) is 5.91 Å². The number of halogens is 1. The average molecular weight is 483 g/mol. The minimum atomic E-state index is -1.14. The number of rotatable bonds is 9. The molecular weight excluding hydrogens is 443 g/mol. The maximum atomic E-state index is 13.9. The van der Waals surface area contributed by atoms with Gasteiger partial charge in [-0.25, -0.2) is 4.39 Å². The molecule has 1 amide bonds. The number of alkyl halides is 1. The van der Waals surface area contributed by atoms with Gasteiger partial charge in [0.2, 0.25) is 0 Å². The number of carbonyl (C=O) groups excluding carboxylic acids is 1. The van der Waals surface area contributed by atoms with E-state index in [9.17, 15) is 9.18 Å². The van der Waals surface area contributed by atoms with Crippen molar-refractivity contribution in [1.29, 1.82) is 0 Å². The first-order chi connectivity index (χ1) is 16.8. The molecule has 0 aliphatic carbocycles. The second kappa shape index (κ2) is 11.5. The lowest BCUT2D eigenvalue weighted by Gasteiger charge is -2.34. The van der Waals surface area contributed by atoms with Crippen LogP contribution in [-0.4, -0.2) is 73.9 Å². The second-order valence-electron chi connectivity index (χ2n) is 10.6. The highest BCUT2D eigenvalue weighted by Gasteiger charge is 2.29. The van der Waals surface area contributed by atoms with Crippen LogP contribution in [0.2, 0.25) is 0 Å². The molecule has 0 unspecified atom stereocenters. The van der Waals surface area contributed by atoms with Crippen LogP contribution in [-0.2, 0) is 4.74 Å². The van der Waals surface area contributed by atoms with E-state index in [1.54, 1.807) is 21.0 Å². The summed E-state index contributed by atoms with van der Waals surface area (Å²) in [7, 11) is 1.69. The van der Waals surface area contributed by atoms with Gasteiger partial charge in [-0.1, -0.05) is 24.3 Å². The van der Waals surface area contributed by atoms with E-state index in [1.165, 1.54) is 0 Å². The lowest BCUT2D eigenvalue weighted by molar-refractivity contribution is 0.0630. The number of amides is 1. The fourth-order valence-electron chi connectivity index (χ4n) is 5.24. The van der Waals surface area contributed by atoms with Crippen LogP contribution in [0.3, 0.4) is 0 Å². The summed E-state index contributed by atoms with van der Waals surface area (Å²) < 4.78 is 25.2. The molecule has 5 nitrogen and oxygen atoms in total. The zero-order valence-corrected chi connectivity index (χ0v) is 21.3. The Kier molecular flexibility index (Phi) is 8.45. The number of likely N-dealkylation sites (tertiary alicyclic amines) is 2. The maximum absolute atomic E-state index is 13.9. The molecule has 4 rings (SSSR count). The molecular formula is C29H39FN2O3. The fraction of sp³-hybridized carbons (Fsp3) is 0.552. The molecule has 0 N–H and O–H groups in total. The number of piperidine rings is 1. The van der Waals surface area contributed by atoms with Gasteiger partial charge in [-0.15, -0.1) is 0 Å². The average Bonchev–Trinajstić information content (AvgIpc) is 3.31. The first-order valence-corrected chi connectivity index (χ1v) is 12.9. The Balaban J connectivity index is 1.27. The Labute approximate surface area is 209 Å². The molecule has 6 heteroatoms. The highest BCUT2D eigenvalue weighted by molar-refractivity contribution is 5.95. The number of benzene rings is 2. The predicted octanol–water partition coefficient (Wildman–Crippen LogP) is 5.44. The smallest absolute Gasteiger partial charge is 0.254 e. The van der Waals surface area contributed by atoms with Crippen LogP contribution in [0.5, 0.6) is 5.75 Å². The van der Waals surface area contributed by atoms with Gasteiger partial charge >= 0.3 is 0 Å². The summed E-state index contributed by atoms with van der Waals surface area (Å²) in [5.41, 5.74) is 1.75. The first-order valence-electron chi connectivity index (χ1n) is 12.9. The van der Waals surface area contributed by atoms with Crippen LogP contribution >= 0.6 is 0 Å². The van der Waals surface area contributed by atoms with Gasteiger partial charge < -0.3 is 19.3 Å².